The number of nitrogens with two attached hydrogens (primary N) is 1. The molecule has 1 fully saturated rings. The monoisotopic (exact) mass is 234 g/mol. The van der Waals surface area contributed by atoms with E-state index in [0.29, 0.717) is 5.92 Å². The first kappa shape index (κ1) is 11.8. The quantitative estimate of drug-likeness (QED) is 0.816. The predicted molar refractivity (Wildman–Crippen MR) is 66.9 cm³/mol. The summed E-state index contributed by atoms with van der Waals surface area (Å²) >= 11 is 0. The maximum absolute atomic E-state index is 11.4. The van der Waals surface area contributed by atoms with Gasteiger partial charge in [-0.2, -0.15) is 0 Å². The van der Waals surface area contributed by atoms with Gasteiger partial charge in [-0.25, -0.2) is 0 Å². The molecular weight excluding hydrogens is 216 g/mol. The third-order valence-electron chi connectivity index (χ3n) is 3.34. The number of anilines is 1. The number of carbonyl (C=O) groups excluding carboxylic acids is 1. The zero-order valence-electron chi connectivity index (χ0n) is 9.98. The lowest BCUT2D eigenvalue weighted by Crippen LogP contribution is -2.44. The molecule has 92 valence electrons. The lowest BCUT2D eigenvalue weighted by Gasteiger charge is -2.32. The minimum atomic E-state index is -0.273. The maximum atomic E-state index is 11.4. The third-order valence-corrected chi connectivity index (χ3v) is 3.34. The van der Waals surface area contributed by atoms with E-state index in [1.165, 1.54) is 6.42 Å². The summed E-state index contributed by atoms with van der Waals surface area (Å²) in [5.74, 6) is 0.912. The van der Waals surface area contributed by atoms with Crippen LogP contribution in [0, 0.1) is 5.92 Å². The third kappa shape index (κ3) is 2.70. The van der Waals surface area contributed by atoms with Crippen LogP contribution in [0.1, 0.15) is 19.3 Å². The minimum Gasteiger partial charge on any atom is -0.497 e. The number of amides is 1. The number of primary amides is 1. The molecule has 1 aromatic carbocycles. The van der Waals surface area contributed by atoms with Crippen LogP contribution in [0.5, 0.6) is 5.75 Å². The molecule has 4 heteroatoms. The van der Waals surface area contributed by atoms with Gasteiger partial charge in [0, 0.05) is 5.69 Å². The fourth-order valence-corrected chi connectivity index (χ4v) is 2.06. The Morgan fingerprint density at radius 1 is 1.41 bits per heavy atom. The Morgan fingerprint density at radius 3 is 2.47 bits per heavy atom. The predicted octanol–water partition coefficient (Wildman–Crippen LogP) is 1.76. The van der Waals surface area contributed by atoms with Gasteiger partial charge in [0.15, 0.2) is 0 Å². The van der Waals surface area contributed by atoms with Crippen LogP contribution in [0.4, 0.5) is 5.69 Å². The number of rotatable bonds is 5. The Hall–Kier alpha value is -1.71. The summed E-state index contributed by atoms with van der Waals surface area (Å²) in [4.78, 5) is 11.4. The molecule has 0 aromatic heterocycles. The number of ether oxygens (including phenoxy) is 1. The van der Waals surface area contributed by atoms with Crippen LogP contribution in [0.15, 0.2) is 24.3 Å². The van der Waals surface area contributed by atoms with Gasteiger partial charge in [-0.3, -0.25) is 4.79 Å². The molecule has 3 N–H and O–H groups in total. The molecule has 0 heterocycles. The number of hydrogen-bond acceptors (Lipinski definition) is 3. The van der Waals surface area contributed by atoms with Gasteiger partial charge in [-0.15, -0.1) is 0 Å². The van der Waals surface area contributed by atoms with E-state index in [-0.39, 0.29) is 11.9 Å². The highest BCUT2D eigenvalue weighted by Gasteiger charge is 2.30. The van der Waals surface area contributed by atoms with Crippen molar-refractivity contribution in [1.29, 1.82) is 0 Å². The van der Waals surface area contributed by atoms with Gasteiger partial charge in [0.1, 0.15) is 11.8 Å². The summed E-state index contributed by atoms with van der Waals surface area (Å²) in [6.45, 7) is 0. The van der Waals surface area contributed by atoms with E-state index in [0.717, 1.165) is 24.3 Å². The Bertz CT molecular complexity index is 385. The zero-order valence-corrected chi connectivity index (χ0v) is 9.98. The van der Waals surface area contributed by atoms with Crippen LogP contribution in [0.25, 0.3) is 0 Å². The first-order valence-corrected chi connectivity index (χ1v) is 5.90. The molecule has 2 rings (SSSR count). The Morgan fingerprint density at radius 2 is 2.06 bits per heavy atom. The van der Waals surface area contributed by atoms with E-state index in [2.05, 4.69) is 5.32 Å². The lowest BCUT2D eigenvalue weighted by atomic mass is 9.79. The molecule has 4 nitrogen and oxygen atoms in total. The van der Waals surface area contributed by atoms with Gasteiger partial charge >= 0.3 is 0 Å². The van der Waals surface area contributed by atoms with E-state index in [9.17, 15) is 4.79 Å². The number of carbonyl (C=O) groups is 1. The van der Waals surface area contributed by atoms with Crippen molar-refractivity contribution in [3.05, 3.63) is 24.3 Å². The normalized spacial score (nSPS) is 17.0. The smallest absolute Gasteiger partial charge is 0.240 e. The van der Waals surface area contributed by atoms with Crippen molar-refractivity contribution in [2.45, 2.75) is 25.3 Å². The second kappa shape index (κ2) is 5.08. The van der Waals surface area contributed by atoms with Gasteiger partial charge in [0.25, 0.3) is 0 Å². The van der Waals surface area contributed by atoms with E-state index in [1.54, 1.807) is 7.11 Å². The molecular formula is C13H18N2O2. The SMILES string of the molecule is COc1ccc(NC(C(N)=O)C2CCC2)cc1. The molecule has 1 unspecified atom stereocenters. The summed E-state index contributed by atoms with van der Waals surface area (Å²) in [5, 5.41) is 3.20. The summed E-state index contributed by atoms with van der Waals surface area (Å²) in [5.41, 5.74) is 6.33. The number of methoxy groups -OCH3 is 1. The first-order valence-electron chi connectivity index (χ1n) is 5.90. The second-order valence-corrected chi connectivity index (χ2v) is 4.44. The fourth-order valence-electron chi connectivity index (χ4n) is 2.06. The Balaban J connectivity index is 2.03. The molecule has 1 aliphatic rings. The highest BCUT2D eigenvalue weighted by molar-refractivity contribution is 5.83. The Kier molecular flexibility index (Phi) is 3.52. The summed E-state index contributed by atoms with van der Waals surface area (Å²) in [7, 11) is 1.63. The molecule has 1 saturated carbocycles. The summed E-state index contributed by atoms with van der Waals surface area (Å²) in [6.07, 6.45) is 3.35. The molecule has 1 aliphatic carbocycles. The number of hydrogen-bond donors (Lipinski definition) is 2. The lowest BCUT2D eigenvalue weighted by molar-refractivity contribution is -0.120. The van der Waals surface area contributed by atoms with Crippen molar-refractivity contribution in [2.75, 3.05) is 12.4 Å². The van der Waals surface area contributed by atoms with Crippen LogP contribution < -0.4 is 15.8 Å². The molecule has 0 aliphatic heterocycles. The number of benzene rings is 1. The van der Waals surface area contributed by atoms with Gasteiger partial charge in [-0.1, -0.05) is 6.42 Å². The molecule has 0 bridgehead atoms. The largest absolute Gasteiger partial charge is 0.497 e. The minimum absolute atomic E-state index is 0.253. The summed E-state index contributed by atoms with van der Waals surface area (Å²) < 4.78 is 5.08. The average Bonchev–Trinajstić information content (AvgIpc) is 2.26. The van der Waals surface area contributed by atoms with Gasteiger partial charge in [0.05, 0.1) is 7.11 Å². The van der Waals surface area contributed by atoms with Crippen LogP contribution in [-0.4, -0.2) is 19.1 Å². The van der Waals surface area contributed by atoms with Crippen LogP contribution in [0.3, 0.4) is 0 Å². The van der Waals surface area contributed by atoms with Crippen molar-refractivity contribution in [1.82, 2.24) is 0 Å². The van der Waals surface area contributed by atoms with Crippen molar-refractivity contribution >= 4 is 11.6 Å². The fraction of sp³-hybridized carbons (Fsp3) is 0.462. The molecule has 0 saturated heterocycles. The maximum Gasteiger partial charge on any atom is 0.240 e. The molecule has 0 spiro atoms. The molecule has 0 radical (unpaired) electrons. The number of nitrogens with one attached hydrogen (secondary N) is 1. The van der Waals surface area contributed by atoms with Crippen molar-refractivity contribution < 1.29 is 9.53 Å². The van der Waals surface area contributed by atoms with Gasteiger partial charge in [0.2, 0.25) is 5.91 Å². The van der Waals surface area contributed by atoms with Gasteiger partial charge in [-0.05, 0) is 43.0 Å². The second-order valence-electron chi connectivity index (χ2n) is 4.44. The van der Waals surface area contributed by atoms with E-state index in [1.807, 2.05) is 24.3 Å². The Labute approximate surface area is 101 Å². The van der Waals surface area contributed by atoms with Crippen molar-refractivity contribution in [2.24, 2.45) is 11.7 Å². The van der Waals surface area contributed by atoms with Gasteiger partial charge < -0.3 is 15.8 Å². The highest BCUT2D eigenvalue weighted by atomic mass is 16.5. The van der Waals surface area contributed by atoms with Crippen molar-refractivity contribution in [3.8, 4) is 5.75 Å². The topological polar surface area (TPSA) is 64.3 Å². The molecule has 1 atom stereocenters. The van der Waals surface area contributed by atoms with Crippen LogP contribution >= 0.6 is 0 Å². The standard InChI is InChI=1S/C13H18N2O2/c1-17-11-7-5-10(6-8-11)15-12(13(14)16)9-3-2-4-9/h5-9,12,15H,2-4H2,1H3,(H2,14,16). The molecule has 1 amide bonds. The zero-order chi connectivity index (χ0) is 12.3. The van der Waals surface area contributed by atoms with E-state index in [4.69, 9.17) is 10.5 Å². The summed E-state index contributed by atoms with van der Waals surface area (Å²) in [6, 6.07) is 7.26. The average molecular weight is 234 g/mol. The molecule has 1 aromatic rings. The first-order chi connectivity index (χ1) is 8.20. The van der Waals surface area contributed by atoms with Crippen LogP contribution in [0.2, 0.25) is 0 Å². The van der Waals surface area contributed by atoms with E-state index < -0.39 is 0 Å². The highest BCUT2D eigenvalue weighted by Crippen LogP contribution is 2.31. The van der Waals surface area contributed by atoms with Crippen LogP contribution in [-0.2, 0) is 4.79 Å². The van der Waals surface area contributed by atoms with E-state index >= 15 is 0 Å². The molecule has 17 heavy (non-hydrogen) atoms. The van der Waals surface area contributed by atoms with Crippen molar-refractivity contribution in [3.63, 3.8) is 0 Å².